The largest absolute Gasteiger partial charge is 0.438 e. The van der Waals surface area contributed by atoms with Crippen molar-refractivity contribution in [3.8, 4) is 17.7 Å². The number of nitriles is 1. The highest BCUT2D eigenvalue weighted by atomic mass is 16.5. The van der Waals surface area contributed by atoms with Crippen LogP contribution < -0.4 is 10.5 Å². The second-order valence-electron chi connectivity index (χ2n) is 3.75. The molecule has 0 fully saturated rings. The molecule has 1 heterocycles. The lowest BCUT2D eigenvalue weighted by Gasteiger charge is -2.03. The monoisotopic (exact) mass is 266 g/mol. The van der Waals surface area contributed by atoms with E-state index in [1.165, 1.54) is 18.5 Å². The van der Waals surface area contributed by atoms with E-state index >= 15 is 0 Å². The van der Waals surface area contributed by atoms with Crippen LogP contribution in [0.3, 0.4) is 0 Å². The molecule has 2 rings (SSSR count). The number of hydrogen-bond acceptors (Lipinski definition) is 5. The van der Waals surface area contributed by atoms with E-state index in [1.54, 1.807) is 36.5 Å². The fraction of sp³-hybridized carbons (Fsp3) is 0. The Morgan fingerprint density at radius 2 is 2.05 bits per heavy atom. The Hall–Kier alpha value is -3.20. The first kappa shape index (κ1) is 13.2. The molecule has 0 bridgehead atoms. The molecule has 0 saturated carbocycles. The molecule has 1 aromatic carbocycles. The highest BCUT2D eigenvalue weighted by Gasteiger charge is 2.03. The summed E-state index contributed by atoms with van der Waals surface area (Å²) in [5.41, 5.74) is 5.63. The van der Waals surface area contributed by atoms with Gasteiger partial charge in [0.25, 0.3) is 5.91 Å². The fourth-order valence-corrected chi connectivity index (χ4v) is 1.42. The minimum absolute atomic E-state index is 0.104. The third kappa shape index (κ3) is 3.40. The number of carbonyl (C=O) groups is 1. The standard InChI is InChI=1S/C14H10N4O2/c15-8-11(14(16)19)7-10-1-3-12(4-2-10)20-13-9-17-5-6-18-13/h1-7,9H,(H2,16,19)/b11-7+. The van der Waals surface area contributed by atoms with E-state index in [1.807, 2.05) is 0 Å². The summed E-state index contributed by atoms with van der Waals surface area (Å²) >= 11 is 0. The van der Waals surface area contributed by atoms with Crippen molar-refractivity contribution in [2.24, 2.45) is 5.73 Å². The highest BCUT2D eigenvalue weighted by molar-refractivity contribution is 6.00. The van der Waals surface area contributed by atoms with Gasteiger partial charge in [-0.2, -0.15) is 5.26 Å². The molecular weight excluding hydrogens is 256 g/mol. The minimum Gasteiger partial charge on any atom is -0.438 e. The Morgan fingerprint density at radius 1 is 1.30 bits per heavy atom. The van der Waals surface area contributed by atoms with Gasteiger partial charge in [0.2, 0.25) is 5.88 Å². The molecule has 0 spiro atoms. The second-order valence-corrected chi connectivity index (χ2v) is 3.75. The number of carbonyl (C=O) groups excluding carboxylic acids is 1. The fourth-order valence-electron chi connectivity index (χ4n) is 1.42. The predicted molar refractivity (Wildman–Crippen MR) is 71.3 cm³/mol. The van der Waals surface area contributed by atoms with E-state index in [2.05, 4.69) is 9.97 Å². The van der Waals surface area contributed by atoms with Gasteiger partial charge in [-0.05, 0) is 23.8 Å². The Kier molecular flexibility index (Phi) is 4.04. The smallest absolute Gasteiger partial charge is 0.259 e. The molecule has 0 radical (unpaired) electrons. The molecule has 1 aromatic heterocycles. The first-order chi connectivity index (χ1) is 9.69. The van der Waals surface area contributed by atoms with Crippen LogP contribution in [-0.2, 0) is 4.79 Å². The summed E-state index contributed by atoms with van der Waals surface area (Å²) in [5, 5.41) is 8.75. The van der Waals surface area contributed by atoms with Crippen LogP contribution in [0.15, 0.2) is 48.4 Å². The number of nitrogens with zero attached hydrogens (tertiary/aromatic N) is 3. The normalized spacial score (nSPS) is 10.7. The van der Waals surface area contributed by atoms with Crippen molar-refractivity contribution in [3.63, 3.8) is 0 Å². The lowest BCUT2D eigenvalue weighted by atomic mass is 10.1. The molecular formula is C14H10N4O2. The van der Waals surface area contributed by atoms with Crippen LogP contribution in [0, 0.1) is 11.3 Å². The van der Waals surface area contributed by atoms with E-state index in [9.17, 15) is 4.79 Å². The molecule has 1 amide bonds. The number of nitrogens with two attached hydrogens (primary N) is 1. The summed E-state index contributed by atoms with van der Waals surface area (Å²) in [6.07, 6.45) is 5.98. The van der Waals surface area contributed by atoms with Crippen LogP contribution in [-0.4, -0.2) is 15.9 Å². The maximum Gasteiger partial charge on any atom is 0.259 e. The lowest BCUT2D eigenvalue weighted by Crippen LogP contribution is -2.12. The van der Waals surface area contributed by atoms with Gasteiger partial charge in [-0.25, -0.2) is 4.98 Å². The van der Waals surface area contributed by atoms with Gasteiger partial charge in [-0.15, -0.1) is 0 Å². The zero-order valence-electron chi connectivity index (χ0n) is 10.4. The Labute approximate surface area is 115 Å². The number of primary amides is 1. The van der Waals surface area contributed by atoms with Gasteiger partial charge in [0.15, 0.2) is 0 Å². The zero-order valence-corrected chi connectivity index (χ0v) is 10.4. The molecule has 6 heteroatoms. The third-order valence-electron chi connectivity index (χ3n) is 2.34. The van der Waals surface area contributed by atoms with Crippen LogP contribution in [0.5, 0.6) is 11.6 Å². The van der Waals surface area contributed by atoms with E-state index < -0.39 is 5.91 Å². The molecule has 0 atom stereocenters. The Bertz CT molecular complexity index is 673. The maximum atomic E-state index is 10.9. The zero-order chi connectivity index (χ0) is 14.4. The van der Waals surface area contributed by atoms with Gasteiger partial charge in [0, 0.05) is 12.4 Å². The quantitative estimate of drug-likeness (QED) is 0.669. The molecule has 0 aliphatic heterocycles. The molecule has 0 saturated heterocycles. The second kappa shape index (κ2) is 6.11. The Balaban J connectivity index is 2.15. The van der Waals surface area contributed by atoms with Gasteiger partial charge in [-0.3, -0.25) is 9.78 Å². The van der Waals surface area contributed by atoms with Crippen LogP contribution in [0.1, 0.15) is 5.56 Å². The number of rotatable bonds is 4. The average molecular weight is 266 g/mol. The van der Waals surface area contributed by atoms with Gasteiger partial charge in [0.05, 0.1) is 6.20 Å². The molecule has 2 aromatic rings. The SMILES string of the molecule is N#C/C(=C\c1ccc(Oc2cnccn2)cc1)C(N)=O. The summed E-state index contributed by atoms with van der Waals surface area (Å²) in [6, 6.07) is 8.52. The molecule has 0 unspecified atom stereocenters. The van der Waals surface area contributed by atoms with Crippen molar-refractivity contribution in [1.29, 1.82) is 5.26 Å². The van der Waals surface area contributed by atoms with Crippen molar-refractivity contribution in [2.75, 3.05) is 0 Å². The third-order valence-corrected chi connectivity index (χ3v) is 2.34. The topological polar surface area (TPSA) is 102 Å². The minimum atomic E-state index is -0.757. The van der Waals surface area contributed by atoms with Crippen LogP contribution in [0.4, 0.5) is 0 Å². The average Bonchev–Trinajstić information content (AvgIpc) is 2.47. The van der Waals surface area contributed by atoms with Gasteiger partial charge < -0.3 is 10.5 Å². The highest BCUT2D eigenvalue weighted by Crippen LogP contribution is 2.19. The Morgan fingerprint density at radius 3 is 2.60 bits per heavy atom. The van der Waals surface area contributed by atoms with E-state index in [0.717, 1.165) is 0 Å². The van der Waals surface area contributed by atoms with Gasteiger partial charge in [-0.1, -0.05) is 12.1 Å². The summed E-state index contributed by atoms with van der Waals surface area (Å²) in [6.45, 7) is 0. The van der Waals surface area contributed by atoms with Crippen molar-refractivity contribution < 1.29 is 9.53 Å². The van der Waals surface area contributed by atoms with E-state index in [0.29, 0.717) is 17.2 Å². The summed E-state index contributed by atoms with van der Waals surface area (Å²) in [7, 11) is 0. The maximum absolute atomic E-state index is 10.9. The van der Waals surface area contributed by atoms with Crippen molar-refractivity contribution in [2.45, 2.75) is 0 Å². The molecule has 6 nitrogen and oxygen atoms in total. The number of hydrogen-bond donors (Lipinski definition) is 1. The van der Waals surface area contributed by atoms with E-state index in [-0.39, 0.29) is 5.57 Å². The molecule has 0 aliphatic rings. The molecule has 98 valence electrons. The number of ether oxygens (including phenoxy) is 1. The lowest BCUT2D eigenvalue weighted by molar-refractivity contribution is -0.114. The molecule has 20 heavy (non-hydrogen) atoms. The number of aromatic nitrogens is 2. The van der Waals surface area contributed by atoms with Crippen LogP contribution in [0.25, 0.3) is 6.08 Å². The molecule has 2 N–H and O–H groups in total. The van der Waals surface area contributed by atoms with Crippen LogP contribution >= 0.6 is 0 Å². The van der Waals surface area contributed by atoms with Gasteiger partial charge in [0.1, 0.15) is 17.4 Å². The summed E-state index contributed by atoms with van der Waals surface area (Å²) < 4.78 is 5.46. The van der Waals surface area contributed by atoms with Crippen LogP contribution in [0.2, 0.25) is 0 Å². The van der Waals surface area contributed by atoms with Crippen molar-refractivity contribution in [3.05, 3.63) is 54.0 Å². The van der Waals surface area contributed by atoms with Crippen molar-refractivity contribution in [1.82, 2.24) is 9.97 Å². The summed E-state index contributed by atoms with van der Waals surface area (Å²) in [4.78, 5) is 18.8. The van der Waals surface area contributed by atoms with E-state index in [4.69, 9.17) is 15.7 Å². The summed E-state index contributed by atoms with van der Waals surface area (Å²) in [5.74, 6) is 0.193. The number of benzene rings is 1. The van der Waals surface area contributed by atoms with Crippen molar-refractivity contribution >= 4 is 12.0 Å². The molecule has 0 aliphatic carbocycles. The predicted octanol–water partition coefficient (Wildman–Crippen LogP) is 1.66. The van der Waals surface area contributed by atoms with Gasteiger partial charge >= 0.3 is 0 Å². The first-order valence-corrected chi connectivity index (χ1v) is 5.64. The first-order valence-electron chi connectivity index (χ1n) is 5.64. The number of amides is 1.